The van der Waals surface area contributed by atoms with Crippen LogP contribution in [0.25, 0.3) is 17.1 Å². The number of aromatic nitrogens is 3. The fourth-order valence-corrected chi connectivity index (χ4v) is 3.56. The first-order chi connectivity index (χ1) is 13.9. The molecule has 3 aromatic rings. The van der Waals surface area contributed by atoms with Gasteiger partial charge in [0.1, 0.15) is 5.52 Å². The average molecular weight is 400 g/mol. The van der Waals surface area contributed by atoms with Gasteiger partial charge in [-0.2, -0.15) is 13.2 Å². The van der Waals surface area contributed by atoms with Gasteiger partial charge >= 0.3 is 6.18 Å². The van der Waals surface area contributed by atoms with Gasteiger partial charge in [-0.05, 0) is 42.7 Å². The predicted octanol–water partition coefficient (Wildman–Crippen LogP) is 4.33. The molecule has 1 aliphatic rings. The highest BCUT2D eigenvalue weighted by Gasteiger charge is 2.31. The molecule has 150 valence electrons. The van der Waals surface area contributed by atoms with Gasteiger partial charge < -0.3 is 4.90 Å². The fraction of sp³-hybridized carbons (Fsp3) is 0.286. The molecule has 0 radical (unpaired) electrons. The summed E-state index contributed by atoms with van der Waals surface area (Å²) in [6, 6.07) is 13.1. The molecule has 0 atom stereocenters. The highest BCUT2D eigenvalue weighted by Crippen LogP contribution is 2.32. The van der Waals surface area contributed by atoms with Crippen LogP contribution in [-0.2, 0) is 11.0 Å². The Morgan fingerprint density at radius 1 is 1.07 bits per heavy atom. The standard InChI is InChI=1S/C21H19F3N4O/c22-21(23,24)16-7-8-19-18(14-16)25-26-28(19)17-10-12-27(13-11-17)20(29)9-6-15-4-2-1-3-5-15/h1-9,14,17H,10-13H2. The molecule has 8 heteroatoms. The average Bonchev–Trinajstić information content (AvgIpc) is 3.15. The Kier molecular flexibility index (Phi) is 5.08. The monoisotopic (exact) mass is 400 g/mol. The highest BCUT2D eigenvalue weighted by molar-refractivity contribution is 5.91. The van der Waals surface area contributed by atoms with E-state index in [-0.39, 0.29) is 17.5 Å². The van der Waals surface area contributed by atoms with Crippen molar-refractivity contribution in [1.29, 1.82) is 0 Å². The molecule has 1 aliphatic heterocycles. The van der Waals surface area contributed by atoms with Crippen LogP contribution in [0.4, 0.5) is 13.2 Å². The lowest BCUT2D eigenvalue weighted by atomic mass is 10.0. The van der Waals surface area contributed by atoms with Gasteiger partial charge in [0, 0.05) is 19.2 Å². The summed E-state index contributed by atoms with van der Waals surface area (Å²) in [5, 5.41) is 7.98. The lowest BCUT2D eigenvalue weighted by molar-refractivity contribution is -0.137. The van der Waals surface area contributed by atoms with Crippen LogP contribution in [0.3, 0.4) is 0 Å². The minimum absolute atomic E-state index is 0.00103. The number of fused-ring (bicyclic) bond motifs is 1. The van der Waals surface area contributed by atoms with Crippen molar-refractivity contribution < 1.29 is 18.0 Å². The number of amides is 1. The van der Waals surface area contributed by atoms with Gasteiger partial charge in [0.2, 0.25) is 5.91 Å². The Morgan fingerprint density at radius 2 is 1.79 bits per heavy atom. The Morgan fingerprint density at radius 3 is 2.48 bits per heavy atom. The molecule has 1 fully saturated rings. The molecule has 2 heterocycles. The normalized spacial score (nSPS) is 16.0. The zero-order valence-corrected chi connectivity index (χ0v) is 15.5. The van der Waals surface area contributed by atoms with Gasteiger partial charge in [0.25, 0.3) is 0 Å². The second-order valence-corrected chi connectivity index (χ2v) is 7.04. The second-order valence-electron chi connectivity index (χ2n) is 7.04. The first-order valence-corrected chi connectivity index (χ1v) is 9.36. The molecule has 0 N–H and O–H groups in total. The summed E-state index contributed by atoms with van der Waals surface area (Å²) >= 11 is 0. The molecule has 1 amide bonds. The molecule has 0 saturated carbocycles. The molecule has 29 heavy (non-hydrogen) atoms. The molecule has 0 bridgehead atoms. The first-order valence-electron chi connectivity index (χ1n) is 9.36. The quantitative estimate of drug-likeness (QED) is 0.615. The smallest absolute Gasteiger partial charge is 0.339 e. The molecule has 5 nitrogen and oxygen atoms in total. The van der Waals surface area contributed by atoms with Crippen molar-refractivity contribution in [1.82, 2.24) is 19.9 Å². The number of piperidine rings is 1. The van der Waals surface area contributed by atoms with Crippen molar-refractivity contribution >= 4 is 23.0 Å². The Bertz CT molecular complexity index is 1040. The summed E-state index contributed by atoms with van der Waals surface area (Å²) in [6.45, 7) is 1.12. The number of nitrogens with zero attached hydrogens (tertiary/aromatic N) is 4. The van der Waals surface area contributed by atoms with Crippen molar-refractivity contribution in [3.63, 3.8) is 0 Å². The SMILES string of the molecule is O=C(C=Cc1ccccc1)N1CCC(n2nnc3cc(C(F)(F)F)ccc32)CC1. The van der Waals surface area contributed by atoms with Gasteiger partial charge in [-0.15, -0.1) is 5.10 Å². The predicted molar refractivity (Wildman–Crippen MR) is 103 cm³/mol. The van der Waals surface area contributed by atoms with Crippen LogP contribution in [0.1, 0.15) is 30.0 Å². The van der Waals surface area contributed by atoms with Gasteiger partial charge in [0.15, 0.2) is 0 Å². The molecule has 0 spiro atoms. The first kappa shape index (κ1) is 19.2. The van der Waals surface area contributed by atoms with Crippen LogP contribution >= 0.6 is 0 Å². The van der Waals surface area contributed by atoms with E-state index in [1.54, 1.807) is 21.7 Å². The maximum Gasteiger partial charge on any atom is 0.416 e. The number of carbonyl (C=O) groups excluding carboxylic acids is 1. The van der Waals surface area contributed by atoms with Crippen molar-refractivity contribution in [2.45, 2.75) is 25.1 Å². The number of hydrogen-bond acceptors (Lipinski definition) is 3. The number of rotatable bonds is 3. The van der Waals surface area contributed by atoms with Crippen LogP contribution in [0.2, 0.25) is 0 Å². The molecule has 4 rings (SSSR count). The Hall–Kier alpha value is -3.16. The van der Waals surface area contributed by atoms with E-state index in [1.165, 1.54) is 6.07 Å². The topological polar surface area (TPSA) is 51.0 Å². The summed E-state index contributed by atoms with van der Waals surface area (Å²) in [5.41, 5.74) is 1.03. The largest absolute Gasteiger partial charge is 0.416 e. The maximum absolute atomic E-state index is 12.9. The zero-order valence-electron chi connectivity index (χ0n) is 15.5. The van der Waals surface area contributed by atoms with E-state index >= 15 is 0 Å². The van der Waals surface area contributed by atoms with E-state index in [2.05, 4.69) is 10.3 Å². The van der Waals surface area contributed by atoms with E-state index in [4.69, 9.17) is 0 Å². The van der Waals surface area contributed by atoms with E-state index in [1.807, 2.05) is 30.3 Å². The van der Waals surface area contributed by atoms with E-state index in [9.17, 15) is 18.0 Å². The number of hydrogen-bond donors (Lipinski definition) is 0. The lowest BCUT2D eigenvalue weighted by Crippen LogP contribution is -2.38. The fourth-order valence-electron chi connectivity index (χ4n) is 3.56. The van der Waals surface area contributed by atoms with Gasteiger partial charge in [-0.25, -0.2) is 4.68 Å². The van der Waals surface area contributed by atoms with E-state index < -0.39 is 11.7 Å². The summed E-state index contributed by atoms with van der Waals surface area (Å²) in [4.78, 5) is 14.2. The third kappa shape index (κ3) is 4.16. The van der Waals surface area contributed by atoms with Crippen molar-refractivity contribution in [2.24, 2.45) is 0 Å². The summed E-state index contributed by atoms with van der Waals surface area (Å²) in [6.07, 6.45) is 0.294. The molecular formula is C21H19F3N4O. The number of likely N-dealkylation sites (tertiary alicyclic amines) is 1. The van der Waals surface area contributed by atoms with Gasteiger partial charge in [-0.1, -0.05) is 35.5 Å². The van der Waals surface area contributed by atoms with Crippen LogP contribution in [0.15, 0.2) is 54.6 Å². The third-order valence-corrected chi connectivity index (χ3v) is 5.14. The molecule has 1 aromatic heterocycles. The molecular weight excluding hydrogens is 381 g/mol. The number of carbonyl (C=O) groups is 1. The zero-order chi connectivity index (χ0) is 20.4. The minimum atomic E-state index is -4.41. The number of halogens is 3. The van der Waals surface area contributed by atoms with Crippen LogP contribution in [0.5, 0.6) is 0 Å². The van der Waals surface area contributed by atoms with E-state index in [0.717, 1.165) is 17.7 Å². The van der Waals surface area contributed by atoms with E-state index in [0.29, 0.717) is 31.4 Å². The minimum Gasteiger partial charge on any atom is -0.339 e. The summed E-state index contributed by atoms with van der Waals surface area (Å²) in [5.74, 6) is -0.0504. The van der Waals surface area contributed by atoms with Crippen LogP contribution in [-0.4, -0.2) is 38.9 Å². The van der Waals surface area contributed by atoms with Crippen LogP contribution < -0.4 is 0 Å². The Labute approximate surface area is 165 Å². The number of benzene rings is 2. The second kappa shape index (κ2) is 7.69. The molecule has 1 saturated heterocycles. The van der Waals surface area contributed by atoms with Gasteiger partial charge in [0.05, 0.1) is 17.1 Å². The molecule has 0 unspecified atom stereocenters. The van der Waals surface area contributed by atoms with Gasteiger partial charge in [-0.3, -0.25) is 4.79 Å². The van der Waals surface area contributed by atoms with Crippen LogP contribution in [0, 0.1) is 0 Å². The maximum atomic E-state index is 12.9. The molecule has 0 aliphatic carbocycles. The number of alkyl halides is 3. The summed E-state index contributed by atoms with van der Waals surface area (Å²) < 4.78 is 40.3. The van der Waals surface area contributed by atoms with Crippen molar-refractivity contribution in [2.75, 3.05) is 13.1 Å². The third-order valence-electron chi connectivity index (χ3n) is 5.14. The summed E-state index contributed by atoms with van der Waals surface area (Å²) in [7, 11) is 0. The van der Waals surface area contributed by atoms with Crippen molar-refractivity contribution in [3.8, 4) is 0 Å². The highest BCUT2D eigenvalue weighted by atomic mass is 19.4. The molecule has 2 aromatic carbocycles. The lowest BCUT2D eigenvalue weighted by Gasteiger charge is -2.31. The Balaban J connectivity index is 1.42. The van der Waals surface area contributed by atoms with Crippen molar-refractivity contribution in [3.05, 3.63) is 65.7 Å².